The van der Waals surface area contributed by atoms with Gasteiger partial charge in [-0.1, -0.05) is 73.2 Å². The zero-order valence-corrected chi connectivity index (χ0v) is 19.0. The van der Waals surface area contributed by atoms with Gasteiger partial charge in [0.2, 0.25) is 5.60 Å². The van der Waals surface area contributed by atoms with Gasteiger partial charge in [0.15, 0.2) is 0 Å². The minimum absolute atomic E-state index is 0.0344. The van der Waals surface area contributed by atoms with Gasteiger partial charge in [0.25, 0.3) is 0 Å². The molecule has 1 saturated heterocycles. The van der Waals surface area contributed by atoms with Gasteiger partial charge < -0.3 is 14.7 Å². The van der Waals surface area contributed by atoms with E-state index in [0.29, 0.717) is 11.1 Å². The SMILES string of the molecule is O=C(OC[C@H](CCN1CCCCC1)c1ccccn1)C(O)(c1ccccc1)c1ccccc1. The van der Waals surface area contributed by atoms with Crippen molar-refractivity contribution in [1.29, 1.82) is 0 Å². The second kappa shape index (κ2) is 11.2. The molecule has 0 bridgehead atoms. The second-order valence-corrected chi connectivity index (χ2v) is 8.68. The molecular formula is C28H32N2O3. The van der Waals surface area contributed by atoms with Gasteiger partial charge in [0, 0.05) is 17.8 Å². The van der Waals surface area contributed by atoms with Crippen LogP contribution in [-0.4, -0.2) is 47.2 Å². The number of benzene rings is 2. The number of carbonyl (C=O) groups is 1. The molecule has 172 valence electrons. The van der Waals surface area contributed by atoms with Crippen LogP contribution < -0.4 is 0 Å². The van der Waals surface area contributed by atoms with Gasteiger partial charge in [0.05, 0.1) is 6.61 Å². The van der Waals surface area contributed by atoms with Gasteiger partial charge in [-0.15, -0.1) is 0 Å². The van der Waals surface area contributed by atoms with Gasteiger partial charge in [-0.2, -0.15) is 0 Å². The van der Waals surface area contributed by atoms with E-state index in [-0.39, 0.29) is 12.5 Å². The van der Waals surface area contributed by atoms with Crippen molar-refractivity contribution >= 4 is 5.97 Å². The van der Waals surface area contributed by atoms with E-state index < -0.39 is 11.6 Å². The number of hydrogen-bond acceptors (Lipinski definition) is 5. The van der Waals surface area contributed by atoms with Crippen molar-refractivity contribution in [3.63, 3.8) is 0 Å². The minimum atomic E-state index is -1.87. The van der Waals surface area contributed by atoms with Crippen molar-refractivity contribution < 1.29 is 14.6 Å². The van der Waals surface area contributed by atoms with Crippen molar-refractivity contribution in [2.24, 2.45) is 0 Å². The molecule has 0 spiro atoms. The van der Waals surface area contributed by atoms with Crippen LogP contribution in [0.1, 0.15) is 48.4 Å². The number of likely N-dealkylation sites (tertiary alicyclic amines) is 1. The van der Waals surface area contributed by atoms with Crippen LogP contribution in [0.15, 0.2) is 85.1 Å². The van der Waals surface area contributed by atoms with Gasteiger partial charge >= 0.3 is 5.97 Å². The van der Waals surface area contributed by atoms with Crippen LogP contribution in [0.4, 0.5) is 0 Å². The highest BCUT2D eigenvalue weighted by molar-refractivity contribution is 5.85. The van der Waals surface area contributed by atoms with Crippen molar-refractivity contribution in [3.8, 4) is 0 Å². The van der Waals surface area contributed by atoms with E-state index in [0.717, 1.165) is 31.7 Å². The molecule has 5 nitrogen and oxygen atoms in total. The zero-order valence-electron chi connectivity index (χ0n) is 19.0. The number of aliphatic hydroxyl groups is 1. The lowest BCUT2D eigenvalue weighted by molar-refractivity contribution is -0.162. The Morgan fingerprint density at radius 2 is 1.52 bits per heavy atom. The van der Waals surface area contributed by atoms with Crippen LogP contribution >= 0.6 is 0 Å². The molecule has 2 heterocycles. The molecule has 0 aliphatic carbocycles. The molecule has 1 aliphatic heterocycles. The van der Waals surface area contributed by atoms with E-state index in [2.05, 4.69) is 9.88 Å². The number of ether oxygens (including phenoxy) is 1. The quantitative estimate of drug-likeness (QED) is 0.492. The Morgan fingerprint density at radius 1 is 0.909 bits per heavy atom. The highest BCUT2D eigenvalue weighted by Crippen LogP contribution is 2.32. The third kappa shape index (κ3) is 5.67. The predicted molar refractivity (Wildman–Crippen MR) is 129 cm³/mol. The molecule has 1 aromatic heterocycles. The number of rotatable bonds is 9. The molecule has 4 rings (SSSR count). The number of nitrogens with zero attached hydrogens (tertiary/aromatic N) is 2. The number of carbonyl (C=O) groups excluding carboxylic acids is 1. The summed E-state index contributed by atoms with van der Waals surface area (Å²) in [7, 11) is 0. The first-order chi connectivity index (χ1) is 16.2. The summed E-state index contributed by atoms with van der Waals surface area (Å²) in [6.07, 6.45) is 6.40. The van der Waals surface area contributed by atoms with E-state index in [9.17, 15) is 9.90 Å². The van der Waals surface area contributed by atoms with E-state index in [1.165, 1.54) is 19.3 Å². The smallest absolute Gasteiger partial charge is 0.347 e. The summed E-state index contributed by atoms with van der Waals surface area (Å²) >= 11 is 0. The Balaban J connectivity index is 1.52. The molecule has 0 amide bonds. The van der Waals surface area contributed by atoms with Crippen molar-refractivity contribution in [2.45, 2.75) is 37.2 Å². The average molecular weight is 445 g/mol. The monoisotopic (exact) mass is 444 g/mol. The Hall–Kier alpha value is -3.02. The fraction of sp³-hybridized carbons (Fsp3) is 0.357. The molecule has 1 aliphatic rings. The summed E-state index contributed by atoms with van der Waals surface area (Å²) in [5.74, 6) is -0.702. The van der Waals surface area contributed by atoms with Gasteiger partial charge in [-0.25, -0.2) is 4.79 Å². The third-order valence-electron chi connectivity index (χ3n) is 6.44. The molecule has 5 heteroatoms. The van der Waals surface area contributed by atoms with Gasteiger partial charge in [0.1, 0.15) is 0 Å². The number of aromatic nitrogens is 1. The van der Waals surface area contributed by atoms with Crippen LogP contribution in [-0.2, 0) is 15.1 Å². The van der Waals surface area contributed by atoms with E-state index in [1.807, 2.05) is 54.6 Å². The highest BCUT2D eigenvalue weighted by Gasteiger charge is 2.42. The van der Waals surface area contributed by atoms with Crippen molar-refractivity contribution in [3.05, 3.63) is 102 Å². The molecule has 0 radical (unpaired) electrons. The first-order valence-electron chi connectivity index (χ1n) is 11.8. The summed E-state index contributed by atoms with van der Waals surface area (Å²) in [6.45, 7) is 3.36. The fourth-order valence-corrected chi connectivity index (χ4v) is 4.50. The van der Waals surface area contributed by atoms with E-state index >= 15 is 0 Å². The lowest BCUT2D eigenvalue weighted by Gasteiger charge is -2.30. The molecule has 3 aromatic rings. The lowest BCUT2D eigenvalue weighted by Crippen LogP contribution is -2.39. The fourth-order valence-electron chi connectivity index (χ4n) is 4.50. The molecular weight excluding hydrogens is 412 g/mol. The first-order valence-corrected chi connectivity index (χ1v) is 11.8. The Kier molecular flexibility index (Phi) is 7.87. The minimum Gasteiger partial charge on any atom is -0.462 e. The Morgan fingerprint density at radius 3 is 2.09 bits per heavy atom. The molecule has 1 N–H and O–H groups in total. The molecule has 33 heavy (non-hydrogen) atoms. The maximum Gasteiger partial charge on any atom is 0.347 e. The van der Waals surface area contributed by atoms with E-state index in [1.54, 1.807) is 30.5 Å². The van der Waals surface area contributed by atoms with Crippen LogP contribution in [0.5, 0.6) is 0 Å². The van der Waals surface area contributed by atoms with Crippen LogP contribution in [0.25, 0.3) is 0 Å². The third-order valence-corrected chi connectivity index (χ3v) is 6.44. The van der Waals surface area contributed by atoms with Crippen molar-refractivity contribution in [2.75, 3.05) is 26.2 Å². The summed E-state index contributed by atoms with van der Waals surface area (Å²) < 4.78 is 5.83. The molecule has 2 aromatic carbocycles. The van der Waals surface area contributed by atoms with Gasteiger partial charge in [-0.3, -0.25) is 4.98 Å². The van der Waals surface area contributed by atoms with Crippen LogP contribution in [0.2, 0.25) is 0 Å². The summed E-state index contributed by atoms with van der Waals surface area (Å²) in [4.78, 5) is 20.4. The standard InChI is InChI=1S/C28H32N2O3/c31-27(28(32,24-12-4-1-5-13-24)25-14-6-2-7-15-25)33-22-23(26-16-8-9-18-29-26)17-21-30-19-10-3-11-20-30/h1-2,4-9,12-16,18,23,32H,3,10-11,17,19-22H2/t23-/m0/s1. The number of esters is 1. The highest BCUT2D eigenvalue weighted by atomic mass is 16.5. The Bertz CT molecular complexity index is 950. The molecule has 1 fully saturated rings. The van der Waals surface area contributed by atoms with Crippen LogP contribution in [0, 0.1) is 0 Å². The summed E-state index contributed by atoms with van der Waals surface area (Å²) in [6, 6.07) is 23.8. The summed E-state index contributed by atoms with van der Waals surface area (Å²) in [5, 5.41) is 11.6. The normalized spacial score (nSPS) is 15.7. The number of hydrogen-bond donors (Lipinski definition) is 1. The van der Waals surface area contributed by atoms with E-state index in [4.69, 9.17) is 4.74 Å². The maximum absolute atomic E-state index is 13.4. The zero-order chi connectivity index (χ0) is 22.9. The lowest BCUT2D eigenvalue weighted by atomic mass is 9.86. The second-order valence-electron chi connectivity index (χ2n) is 8.68. The predicted octanol–water partition coefficient (Wildman–Crippen LogP) is 4.52. The summed E-state index contributed by atoms with van der Waals surface area (Å²) in [5.41, 5.74) is 0.0161. The Labute approximate surface area is 196 Å². The van der Waals surface area contributed by atoms with Crippen LogP contribution in [0.3, 0.4) is 0 Å². The number of pyridine rings is 1. The largest absolute Gasteiger partial charge is 0.462 e. The molecule has 0 unspecified atom stereocenters. The molecule has 1 atom stereocenters. The molecule has 0 saturated carbocycles. The first kappa shape index (κ1) is 23.1. The average Bonchev–Trinajstić information content (AvgIpc) is 2.90. The maximum atomic E-state index is 13.4. The van der Waals surface area contributed by atoms with Gasteiger partial charge in [-0.05, 0) is 62.2 Å². The number of piperidine rings is 1. The van der Waals surface area contributed by atoms with Crippen molar-refractivity contribution in [1.82, 2.24) is 9.88 Å². The topological polar surface area (TPSA) is 62.7 Å².